The van der Waals surface area contributed by atoms with Crippen LogP contribution >= 0.6 is 0 Å². The third-order valence-corrected chi connectivity index (χ3v) is 3.03. The minimum absolute atomic E-state index is 0.188. The molecule has 0 aliphatic carbocycles. The molecule has 0 aromatic heterocycles. The van der Waals surface area contributed by atoms with Crippen molar-refractivity contribution in [3.05, 3.63) is 47.0 Å². The van der Waals surface area contributed by atoms with Crippen molar-refractivity contribution in [2.24, 2.45) is 5.73 Å². The van der Waals surface area contributed by atoms with Gasteiger partial charge in [0, 0.05) is 19.1 Å². The van der Waals surface area contributed by atoms with Gasteiger partial charge in [0.15, 0.2) is 0 Å². The molecule has 0 heterocycles. The van der Waals surface area contributed by atoms with Crippen LogP contribution in [0, 0.1) is 13.8 Å². The van der Waals surface area contributed by atoms with E-state index in [1.54, 1.807) is 0 Å². The first kappa shape index (κ1) is 15.9. The Morgan fingerprint density at radius 1 is 1.42 bits per heavy atom. The van der Waals surface area contributed by atoms with E-state index in [1.807, 2.05) is 6.92 Å². The molecule has 0 saturated carbocycles. The highest BCUT2D eigenvalue weighted by Crippen LogP contribution is 2.18. The number of nitrogens with one attached hydrogen (secondary N) is 1. The Labute approximate surface area is 116 Å². The third-order valence-electron chi connectivity index (χ3n) is 3.03. The predicted molar refractivity (Wildman–Crippen MR) is 81.3 cm³/mol. The first-order valence-electron chi connectivity index (χ1n) is 6.77. The molecule has 1 aromatic rings. The van der Waals surface area contributed by atoms with Gasteiger partial charge in [0.2, 0.25) is 0 Å². The Hall–Kier alpha value is -1.16. The van der Waals surface area contributed by atoms with Crippen LogP contribution < -0.4 is 11.1 Å². The van der Waals surface area contributed by atoms with Gasteiger partial charge < -0.3 is 15.8 Å². The highest BCUT2D eigenvalue weighted by atomic mass is 16.5. The van der Waals surface area contributed by atoms with Crippen molar-refractivity contribution in [2.75, 3.05) is 26.3 Å². The molecule has 0 amide bonds. The van der Waals surface area contributed by atoms with E-state index in [4.69, 9.17) is 10.5 Å². The van der Waals surface area contributed by atoms with Crippen molar-refractivity contribution in [3.8, 4) is 0 Å². The molecule has 1 unspecified atom stereocenters. The molecule has 0 fully saturated rings. The Balaban J connectivity index is 2.49. The predicted octanol–water partition coefficient (Wildman–Crippen LogP) is 2.49. The monoisotopic (exact) mass is 262 g/mol. The van der Waals surface area contributed by atoms with Crippen LogP contribution in [0.2, 0.25) is 0 Å². The topological polar surface area (TPSA) is 47.3 Å². The lowest BCUT2D eigenvalue weighted by Gasteiger charge is -2.20. The lowest BCUT2D eigenvalue weighted by atomic mass is 9.99. The average molecular weight is 262 g/mol. The number of benzene rings is 1. The van der Waals surface area contributed by atoms with Crippen LogP contribution in [-0.4, -0.2) is 26.3 Å². The Morgan fingerprint density at radius 2 is 2.16 bits per heavy atom. The number of ether oxygens (including phenoxy) is 1. The second kappa shape index (κ2) is 8.10. The van der Waals surface area contributed by atoms with E-state index in [9.17, 15) is 0 Å². The minimum Gasteiger partial charge on any atom is -0.376 e. The van der Waals surface area contributed by atoms with Crippen LogP contribution in [0.25, 0.3) is 0 Å². The molecule has 19 heavy (non-hydrogen) atoms. The zero-order chi connectivity index (χ0) is 14.3. The molecule has 106 valence electrons. The van der Waals surface area contributed by atoms with Crippen molar-refractivity contribution in [2.45, 2.75) is 26.8 Å². The zero-order valence-corrected chi connectivity index (χ0v) is 12.3. The summed E-state index contributed by atoms with van der Waals surface area (Å²) in [6, 6.07) is 6.66. The van der Waals surface area contributed by atoms with Gasteiger partial charge in [0.1, 0.15) is 0 Å². The van der Waals surface area contributed by atoms with Crippen LogP contribution in [0.3, 0.4) is 0 Å². The summed E-state index contributed by atoms with van der Waals surface area (Å²) in [6.07, 6.45) is 0. The lowest BCUT2D eigenvalue weighted by molar-refractivity contribution is 0.155. The van der Waals surface area contributed by atoms with Gasteiger partial charge >= 0.3 is 0 Å². The number of aryl methyl sites for hydroxylation is 2. The smallest absolute Gasteiger partial charge is 0.0672 e. The van der Waals surface area contributed by atoms with E-state index in [0.29, 0.717) is 19.8 Å². The standard InChI is InChI=1S/C16H26N2O/c1-12(2)11-19-8-7-18-16(10-17)15-9-13(3)5-6-14(15)4/h5-6,9,16,18H,1,7-8,10-11,17H2,2-4H3. The highest BCUT2D eigenvalue weighted by molar-refractivity contribution is 5.33. The Kier molecular flexibility index (Phi) is 6.78. The Bertz CT molecular complexity index is 415. The fourth-order valence-electron chi connectivity index (χ4n) is 2.01. The van der Waals surface area contributed by atoms with Crippen molar-refractivity contribution in [1.82, 2.24) is 5.32 Å². The second-order valence-corrected chi connectivity index (χ2v) is 5.11. The van der Waals surface area contributed by atoms with Gasteiger partial charge in [-0.25, -0.2) is 0 Å². The van der Waals surface area contributed by atoms with Gasteiger partial charge in [0.25, 0.3) is 0 Å². The van der Waals surface area contributed by atoms with Crippen LogP contribution in [0.1, 0.15) is 29.7 Å². The minimum atomic E-state index is 0.188. The van der Waals surface area contributed by atoms with Crippen molar-refractivity contribution in [3.63, 3.8) is 0 Å². The average Bonchev–Trinajstić information content (AvgIpc) is 2.37. The van der Waals surface area contributed by atoms with Crippen molar-refractivity contribution >= 4 is 0 Å². The van der Waals surface area contributed by atoms with Gasteiger partial charge in [-0.1, -0.05) is 35.9 Å². The van der Waals surface area contributed by atoms with Crippen LogP contribution in [0.5, 0.6) is 0 Å². The molecule has 3 N–H and O–H groups in total. The summed E-state index contributed by atoms with van der Waals surface area (Å²) in [7, 11) is 0. The summed E-state index contributed by atoms with van der Waals surface area (Å²) in [5.41, 5.74) is 10.7. The van der Waals surface area contributed by atoms with Crippen LogP contribution in [0.15, 0.2) is 30.4 Å². The second-order valence-electron chi connectivity index (χ2n) is 5.11. The molecule has 0 bridgehead atoms. The van der Waals surface area contributed by atoms with E-state index in [1.165, 1.54) is 16.7 Å². The molecule has 1 aromatic carbocycles. The highest BCUT2D eigenvalue weighted by Gasteiger charge is 2.11. The maximum atomic E-state index is 5.87. The van der Waals surface area contributed by atoms with E-state index < -0.39 is 0 Å². The van der Waals surface area contributed by atoms with E-state index in [0.717, 1.165) is 12.1 Å². The summed E-state index contributed by atoms with van der Waals surface area (Å²) in [6.45, 7) is 12.7. The van der Waals surface area contributed by atoms with Crippen LogP contribution in [-0.2, 0) is 4.74 Å². The first-order chi connectivity index (χ1) is 9.04. The lowest BCUT2D eigenvalue weighted by Crippen LogP contribution is -2.31. The van der Waals surface area contributed by atoms with Gasteiger partial charge in [-0.3, -0.25) is 0 Å². The first-order valence-corrected chi connectivity index (χ1v) is 6.77. The molecule has 0 aliphatic rings. The van der Waals surface area contributed by atoms with E-state index in [2.05, 4.69) is 43.9 Å². The van der Waals surface area contributed by atoms with Gasteiger partial charge in [-0.15, -0.1) is 0 Å². The Morgan fingerprint density at radius 3 is 2.79 bits per heavy atom. The molecule has 3 nitrogen and oxygen atoms in total. The van der Waals surface area contributed by atoms with Gasteiger partial charge in [-0.05, 0) is 31.9 Å². The fourth-order valence-corrected chi connectivity index (χ4v) is 2.01. The molecule has 3 heteroatoms. The van der Waals surface area contributed by atoms with Gasteiger partial charge in [-0.2, -0.15) is 0 Å². The zero-order valence-electron chi connectivity index (χ0n) is 12.3. The van der Waals surface area contributed by atoms with Crippen molar-refractivity contribution in [1.29, 1.82) is 0 Å². The largest absolute Gasteiger partial charge is 0.376 e. The normalized spacial score (nSPS) is 12.4. The maximum absolute atomic E-state index is 5.87. The number of rotatable bonds is 8. The molecular formula is C16H26N2O. The number of hydrogen-bond acceptors (Lipinski definition) is 3. The molecule has 1 atom stereocenters. The van der Waals surface area contributed by atoms with E-state index in [-0.39, 0.29) is 6.04 Å². The maximum Gasteiger partial charge on any atom is 0.0672 e. The van der Waals surface area contributed by atoms with Crippen LogP contribution in [0.4, 0.5) is 0 Å². The summed E-state index contributed by atoms with van der Waals surface area (Å²) in [5.74, 6) is 0. The molecular weight excluding hydrogens is 236 g/mol. The molecule has 0 radical (unpaired) electrons. The summed E-state index contributed by atoms with van der Waals surface area (Å²) < 4.78 is 5.48. The summed E-state index contributed by atoms with van der Waals surface area (Å²) >= 11 is 0. The summed E-state index contributed by atoms with van der Waals surface area (Å²) in [5, 5.41) is 3.45. The summed E-state index contributed by atoms with van der Waals surface area (Å²) in [4.78, 5) is 0. The fraction of sp³-hybridized carbons (Fsp3) is 0.500. The van der Waals surface area contributed by atoms with Gasteiger partial charge in [0.05, 0.1) is 13.2 Å². The number of nitrogens with two attached hydrogens (primary N) is 1. The molecule has 0 saturated heterocycles. The third kappa shape index (κ3) is 5.55. The molecule has 0 spiro atoms. The molecule has 0 aliphatic heterocycles. The SMILES string of the molecule is C=C(C)COCCNC(CN)c1cc(C)ccc1C. The molecule has 1 rings (SSSR count). The van der Waals surface area contributed by atoms with E-state index >= 15 is 0 Å². The quantitative estimate of drug-likeness (QED) is 0.559. The van der Waals surface area contributed by atoms with Crippen molar-refractivity contribution < 1.29 is 4.74 Å². The number of hydrogen-bond donors (Lipinski definition) is 2.